The van der Waals surface area contributed by atoms with Gasteiger partial charge >= 0.3 is 0 Å². The second kappa shape index (κ2) is 8.52. The lowest BCUT2D eigenvalue weighted by Crippen LogP contribution is -2.59. The molecule has 1 amide bonds. The van der Waals surface area contributed by atoms with Gasteiger partial charge in [-0.15, -0.1) is 12.4 Å². The molecule has 2 fully saturated rings. The first-order chi connectivity index (χ1) is 11.1. The first kappa shape index (κ1) is 19.5. The molecule has 4 nitrogen and oxygen atoms in total. The lowest BCUT2D eigenvalue weighted by molar-refractivity contribution is -0.143. The van der Waals surface area contributed by atoms with Gasteiger partial charge in [0.1, 0.15) is 0 Å². The van der Waals surface area contributed by atoms with Crippen molar-refractivity contribution in [1.29, 1.82) is 0 Å². The quantitative estimate of drug-likeness (QED) is 0.886. The average molecular weight is 372 g/mol. The highest BCUT2D eigenvalue weighted by Crippen LogP contribution is 2.30. The highest BCUT2D eigenvalue weighted by atomic mass is 35.5. The Kier molecular flexibility index (Phi) is 6.93. The van der Waals surface area contributed by atoms with Crippen LogP contribution >= 0.6 is 24.0 Å². The van der Waals surface area contributed by atoms with Crippen molar-refractivity contribution in [2.45, 2.75) is 44.8 Å². The zero-order chi connectivity index (χ0) is 16.4. The van der Waals surface area contributed by atoms with Crippen LogP contribution in [-0.2, 0) is 4.79 Å². The van der Waals surface area contributed by atoms with Crippen molar-refractivity contribution < 1.29 is 4.79 Å². The number of benzene rings is 1. The van der Waals surface area contributed by atoms with E-state index in [2.05, 4.69) is 30.1 Å². The first-order valence-corrected chi connectivity index (χ1v) is 8.98. The summed E-state index contributed by atoms with van der Waals surface area (Å²) in [5, 5.41) is 4.22. The lowest BCUT2D eigenvalue weighted by atomic mass is 9.95. The van der Waals surface area contributed by atoms with Crippen LogP contribution in [0.5, 0.6) is 0 Å². The van der Waals surface area contributed by atoms with Gasteiger partial charge in [-0.05, 0) is 44.4 Å². The minimum atomic E-state index is -0.00256. The third-order valence-corrected chi connectivity index (χ3v) is 5.22. The van der Waals surface area contributed by atoms with Crippen LogP contribution in [0.2, 0.25) is 5.02 Å². The van der Waals surface area contributed by atoms with Crippen molar-refractivity contribution in [1.82, 2.24) is 15.1 Å². The molecule has 0 aliphatic carbocycles. The fourth-order valence-electron chi connectivity index (χ4n) is 3.82. The van der Waals surface area contributed by atoms with E-state index < -0.39 is 0 Å². The molecule has 1 N–H and O–H groups in total. The molecule has 3 rings (SSSR count). The predicted octanol–water partition coefficient (Wildman–Crippen LogP) is 3.11. The van der Waals surface area contributed by atoms with E-state index in [1.807, 2.05) is 23.1 Å². The summed E-state index contributed by atoms with van der Waals surface area (Å²) in [6.07, 6.45) is 2.04. The number of carbonyl (C=O) groups excluding carboxylic acids is 1. The average Bonchev–Trinajstić information content (AvgIpc) is 2.55. The number of hydrogen-bond acceptors (Lipinski definition) is 3. The molecule has 134 valence electrons. The van der Waals surface area contributed by atoms with Gasteiger partial charge in [0.2, 0.25) is 5.91 Å². The van der Waals surface area contributed by atoms with Crippen LogP contribution in [0.15, 0.2) is 24.3 Å². The second-order valence-electron chi connectivity index (χ2n) is 6.80. The van der Waals surface area contributed by atoms with Gasteiger partial charge in [-0.3, -0.25) is 9.69 Å². The predicted molar refractivity (Wildman–Crippen MR) is 101 cm³/mol. The molecule has 0 saturated carbocycles. The van der Waals surface area contributed by atoms with E-state index in [4.69, 9.17) is 11.6 Å². The number of likely N-dealkylation sites (tertiary alicyclic amines) is 1. The topological polar surface area (TPSA) is 35.6 Å². The van der Waals surface area contributed by atoms with E-state index in [0.29, 0.717) is 5.91 Å². The summed E-state index contributed by atoms with van der Waals surface area (Å²) in [6, 6.07) is 8.52. The molecule has 1 aromatic carbocycles. The molecule has 6 heteroatoms. The van der Waals surface area contributed by atoms with Gasteiger partial charge < -0.3 is 10.2 Å². The van der Waals surface area contributed by atoms with Gasteiger partial charge in [0.25, 0.3) is 0 Å². The highest BCUT2D eigenvalue weighted by Gasteiger charge is 2.38. The number of piperidine rings is 1. The Labute approximate surface area is 155 Å². The summed E-state index contributed by atoms with van der Waals surface area (Å²) in [7, 11) is 0. The minimum absolute atomic E-state index is 0. The first-order valence-electron chi connectivity index (χ1n) is 8.60. The molecule has 0 bridgehead atoms. The fraction of sp³-hybridized carbons (Fsp3) is 0.611. The van der Waals surface area contributed by atoms with Crippen LogP contribution in [0.3, 0.4) is 0 Å². The SMILES string of the molecule is CC(C)N1CCCC(N2CCNCC2c2cccc(Cl)c2)C1=O.Cl. The normalized spacial score (nSPS) is 25.7. The third-order valence-electron chi connectivity index (χ3n) is 4.99. The molecule has 2 aliphatic rings. The molecule has 0 radical (unpaired) electrons. The lowest BCUT2D eigenvalue weighted by Gasteiger charge is -2.45. The van der Waals surface area contributed by atoms with Gasteiger partial charge in [0.05, 0.1) is 6.04 Å². The van der Waals surface area contributed by atoms with Crippen LogP contribution in [0.1, 0.15) is 38.3 Å². The van der Waals surface area contributed by atoms with Crippen molar-refractivity contribution in [3.8, 4) is 0 Å². The summed E-state index contributed by atoms with van der Waals surface area (Å²) in [4.78, 5) is 17.4. The maximum absolute atomic E-state index is 12.9. The third kappa shape index (κ3) is 4.05. The number of halogens is 2. The Hall–Kier alpha value is -0.810. The van der Waals surface area contributed by atoms with E-state index in [-0.39, 0.29) is 30.5 Å². The summed E-state index contributed by atoms with van der Waals surface area (Å²) in [5.74, 6) is 0.292. The summed E-state index contributed by atoms with van der Waals surface area (Å²) < 4.78 is 0. The Morgan fingerprint density at radius 1 is 1.25 bits per heavy atom. The maximum atomic E-state index is 12.9. The molecule has 2 atom stereocenters. The summed E-state index contributed by atoms with van der Waals surface area (Å²) in [6.45, 7) is 7.80. The monoisotopic (exact) mass is 371 g/mol. The van der Waals surface area contributed by atoms with Gasteiger partial charge in [-0.2, -0.15) is 0 Å². The highest BCUT2D eigenvalue weighted by molar-refractivity contribution is 6.30. The van der Waals surface area contributed by atoms with Crippen molar-refractivity contribution in [3.63, 3.8) is 0 Å². The van der Waals surface area contributed by atoms with Gasteiger partial charge in [-0.25, -0.2) is 0 Å². The molecule has 1 aromatic rings. The maximum Gasteiger partial charge on any atom is 0.240 e. The number of nitrogens with one attached hydrogen (secondary N) is 1. The molecule has 2 aliphatic heterocycles. The number of rotatable bonds is 3. The Morgan fingerprint density at radius 3 is 2.75 bits per heavy atom. The Balaban J connectivity index is 0.00000208. The van der Waals surface area contributed by atoms with Crippen LogP contribution in [0.4, 0.5) is 0 Å². The molecule has 2 saturated heterocycles. The van der Waals surface area contributed by atoms with Crippen LogP contribution < -0.4 is 5.32 Å². The van der Waals surface area contributed by atoms with E-state index in [0.717, 1.165) is 44.0 Å². The smallest absolute Gasteiger partial charge is 0.240 e. The molecule has 2 heterocycles. The fourth-order valence-corrected chi connectivity index (χ4v) is 4.02. The molecule has 2 unspecified atom stereocenters. The minimum Gasteiger partial charge on any atom is -0.339 e. The van der Waals surface area contributed by atoms with Gasteiger partial charge in [-0.1, -0.05) is 23.7 Å². The number of hydrogen-bond donors (Lipinski definition) is 1. The largest absolute Gasteiger partial charge is 0.339 e. The Bertz CT molecular complexity index is 567. The molecule has 24 heavy (non-hydrogen) atoms. The van der Waals surface area contributed by atoms with Crippen molar-refractivity contribution in [2.24, 2.45) is 0 Å². The van der Waals surface area contributed by atoms with E-state index in [9.17, 15) is 4.79 Å². The van der Waals surface area contributed by atoms with E-state index >= 15 is 0 Å². The molecule has 0 spiro atoms. The van der Waals surface area contributed by atoms with Crippen LogP contribution in [0, 0.1) is 0 Å². The zero-order valence-electron chi connectivity index (χ0n) is 14.4. The van der Waals surface area contributed by atoms with E-state index in [1.54, 1.807) is 0 Å². The van der Waals surface area contributed by atoms with Crippen molar-refractivity contribution in [2.75, 3.05) is 26.2 Å². The van der Waals surface area contributed by atoms with Crippen LogP contribution in [0.25, 0.3) is 0 Å². The van der Waals surface area contributed by atoms with Crippen molar-refractivity contribution >= 4 is 29.9 Å². The second-order valence-corrected chi connectivity index (χ2v) is 7.23. The number of carbonyl (C=O) groups is 1. The summed E-state index contributed by atoms with van der Waals surface area (Å²) >= 11 is 6.18. The number of amides is 1. The number of nitrogens with zero attached hydrogens (tertiary/aromatic N) is 2. The molecular formula is C18H27Cl2N3O. The molecular weight excluding hydrogens is 345 g/mol. The van der Waals surface area contributed by atoms with Gasteiger partial charge in [0.15, 0.2) is 0 Å². The van der Waals surface area contributed by atoms with E-state index in [1.165, 1.54) is 5.56 Å². The standard InChI is InChI=1S/C18H26ClN3O.ClH/c1-13(2)21-9-4-7-16(18(21)23)22-10-8-20-12-17(22)14-5-3-6-15(19)11-14;/h3,5-6,11,13,16-17,20H,4,7-10,12H2,1-2H3;1H. The Morgan fingerprint density at radius 2 is 2.04 bits per heavy atom. The summed E-state index contributed by atoms with van der Waals surface area (Å²) in [5.41, 5.74) is 1.19. The van der Waals surface area contributed by atoms with Crippen molar-refractivity contribution in [3.05, 3.63) is 34.9 Å². The number of piperazine rings is 1. The van der Waals surface area contributed by atoms with Crippen LogP contribution in [-0.4, -0.2) is 54.0 Å². The zero-order valence-corrected chi connectivity index (χ0v) is 15.9. The van der Waals surface area contributed by atoms with Gasteiger partial charge in [0, 0.05) is 43.3 Å². The molecule has 0 aromatic heterocycles.